The minimum absolute atomic E-state index is 0.723. The van der Waals surface area contributed by atoms with Crippen LogP contribution in [0.3, 0.4) is 0 Å². The Morgan fingerprint density at radius 2 is 1.78 bits per heavy atom. The number of hydrogen-bond acceptors (Lipinski definition) is 3. The van der Waals surface area contributed by atoms with Crippen LogP contribution in [-0.4, -0.2) is 13.7 Å². The molecule has 0 radical (unpaired) electrons. The van der Waals surface area contributed by atoms with Gasteiger partial charge >= 0.3 is 0 Å². The molecule has 0 aliphatic carbocycles. The van der Waals surface area contributed by atoms with E-state index < -0.39 is 0 Å². The number of benzene rings is 2. The highest BCUT2D eigenvalue weighted by Gasteiger charge is 2.06. The minimum Gasteiger partial charge on any atom is -0.493 e. The summed E-state index contributed by atoms with van der Waals surface area (Å²) in [5.74, 6) is 1.61. The molecule has 0 aliphatic heterocycles. The van der Waals surface area contributed by atoms with Gasteiger partial charge in [-0.3, -0.25) is 0 Å². The zero-order chi connectivity index (χ0) is 16.7. The van der Waals surface area contributed by atoms with Crippen LogP contribution in [0.2, 0.25) is 0 Å². The van der Waals surface area contributed by atoms with Gasteiger partial charge in [0.1, 0.15) is 0 Å². The van der Waals surface area contributed by atoms with E-state index in [1.807, 2.05) is 6.07 Å². The number of methoxy groups -OCH3 is 1. The summed E-state index contributed by atoms with van der Waals surface area (Å²) in [5, 5.41) is 3.46. The van der Waals surface area contributed by atoms with Crippen LogP contribution in [0.25, 0.3) is 0 Å². The predicted octanol–water partition coefficient (Wildman–Crippen LogP) is 5.10. The van der Waals surface area contributed by atoms with Crippen molar-refractivity contribution in [3.63, 3.8) is 0 Å². The molecule has 0 amide bonds. The topological polar surface area (TPSA) is 30.5 Å². The molecule has 0 unspecified atom stereocenters. The van der Waals surface area contributed by atoms with Crippen LogP contribution < -0.4 is 14.8 Å². The molecule has 2 aromatic rings. The van der Waals surface area contributed by atoms with Gasteiger partial charge in [0.2, 0.25) is 0 Å². The van der Waals surface area contributed by atoms with E-state index in [4.69, 9.17) is 9.47 Å². The molecule has 3 heteroatoms. The fourth-order valence-electron chi connectivity index (χ4n) is 2.33. The van der Waals surface area contributed by atoms with Crippen LogP contribution in [0.4, 0.5) is 5.69 Å². The highest BCUT2D eigenvalue weighted by atomic mass is 16.5. The van der Waals surface area contributed by atoms with Crippen LogP contribution in [-0.2, 0) is 6.54 Å². The zero-order valence-corrected chi connectivity index (χ0v) is 14.6. The summed E-state index contributed by atoms with van der Waals surface area (Å²) in [6.07, 6.45) is 2.17. The number of hydrogen-bond donors (Lipinski definition) is 1. The SMILES string of the molecule is CCCCOc1cc(CNc2ccc(C)c(C)c2)ccc1OC. The summed E-state index contributed by atoms with van der Waals surface area (Å²) in [4.78, 5) is 0. The van der Waals surface area contributed by atoms with Crippen molar-refractivity contribution < 1.29 is 9.47 Å². The summed E-state index contributed by atoms with van der Waals surface area (Å²) in [6.45, 7) is 7.90. The summed E-state index contributed by atoms with van der Waals surface area (Å²) >= 11 is 0. The molecule has 0 heterocycles. The van der Waals surface area contributed by atoms with Crippen molar-refractivity contribution in [2.45, 2.75) is 40.2 Å². The van der Waals surface area contributed by atoms with Crippen LogP contribution >= 0.6 is 0 Å². The van der Waals surface area contributed by atoms with Gasteiger partial charge in [-0.05, 0) is 61.2 Å². The fourth-order valence-corrected chi connectivity index (χ4v) is 2.33. The third-order valence-corrected chi connectivity index (χ3v) is 3.99. The molecular weight excluding hydrogens is 286 g/mol. The maximum atomic E-state index is 5.84. The molecule has 23 heavy (non-hydrogen) atoms. The fraction of sp³-hybridized carbons (Fsp3) is 0.400. The first-order valence-corrected chi connectivity index (χ1v) is 8.25. The summed E-state index contributed by atoms with van der Waals surface area (Å²) in [5.41, 5.74) is 4.92. The molecule has 0 bridgehead atoms. The van der Waals surface area contributed by atoms with E-state index in [2.05, 4.69) is 56.4 Å². The highest BCUT2D eigenvalue weighted by molar-refractivity contribution is 5.49. The lowest BCUT2D eigenvalue weighted by Crippen LogP contribution is -2.03. The van der Waals surface area contributed by atoms with E-state index in [0.717, 1.165) is 43.2 Å². The van der Waals surface area contributed by atoms with E-state index in [1.54, 1.807) is 7.11 Å². The second kappa shape index (κ2) is 8.47. The Kier molecular flexibility index (Phi) is 6.33. The van der Waals surface area contributed by atoms with Crippen molar-refractivity contribution in [1.82, 2.24) is 0 Å². The third kappa shape index (κ3) is 4.92. The van der Waals surface area contributed by atoms with E-state index in [0.29, 0.717) is 0 Å². The number of anilines is 1. The van der Waals surface area contributed by atoms with Crippen LogP contribution in [0.1, 0.15) is 36.5 Å². The first-order valence-electron chi connectivity index (χ1n) is 8.25. The van der Waals surface area contributed by atoms with Crippen LogP contribution in [0.15, 0.2) is 36.4 Å². The Hall–Kier alpha value is -2.16. The van der Waals surface area contributed by atoms with Gasteiger partial charge in [0.05, 0.1) is 13.7 Å². The van der Waals surface area contributed by atoms with Gasteiger partial charge in [-0.25, -0.2) is 0 Å². The quantitative estimate of drug-likeness (QED) is 0.687. The normalized spacial score (nSPS) is 10.4. The molecule has 3 nitrogen and oxygen atoms in total. The number of rotatable bonds is 8. The van der Waals surface area contributed by atoms with Gasteiger partial charge < -0.3 is 14.8 Å². The first-order chi connectivity index (χ1) is 11.1. The van der Waals surface area contributed by atoms with Gasteiger partial charge in [-0.2, -0.15) is 0 Å². The van der Waals surface area contributed by atoms with Crippen molar-refractivity contribution in [3.05, 3.63) is 53.1 Å². The largest absolute Gasteiger partial charge is 0.493 e. The average molecular weight is 313 g/mol. The second-order valence-electron chi connectivity index (χ2n) is 5.84. The standard InChI is InChI=1S/C20H27NO2/c1-5-6-11-23-20-13-17(8-10-19(20)22-4)14-21-18-9-7-15(2)16(3)12-18/h7-10,12-13,21H,5-6,11,14H2,1-4H3. The molecular formula is C20H27NO2. The average Bonchev–Trinajstić information content (AvgIpc) is 2.56. The van der Waals surface area contributed by atoms with Crippen molar-refractivity contribution >= 4 is 5.69 Å². The van der Waals surface area contributed by atoms with Gasteiger partial charge in [-0.1, -0.05) is 25.5 Å². The van der Waals surface area contributed by atoms with E-state index >= 15 is 0 Å². The maximum Gasteiger partial charge on any atom is 0.161 e. The molecule has 124 valence electrons. The van der Waals surface area contributed by atoms with Gasteiger partial charge in [-0.15, -0.1) is 0 Å². The number of ether oxygens (including phenoxy) is 2. The maximum absolute atomic E-state index is 5.84. The van der Waals surface area contributed by atoms with Gasteiger partial charge in [0, 0.05) is 12.2 Å². The van der Waals surface area contributed by atoms with Crippen molar-refractivity contribution in [1.29, 1.82) is 0 Å². The second-order valence-corrected chi connectivity index (χ2v) is 5.84. The Morgan fingerprint density at radius 3 is 2.48 bits per heavy atom. The Bertz CT molecular complexity index is 638. The molecule has 0 saturated carbocycles. The van der Waals surface area contributed by atoms with Crippen molar-refractivity contribution in [2.24, 2.45) is 0 Å². The van der Waals surface area contributed by atoms with Gasteiger partial charge in [0.25, 0.3) is 0 Å². The lowest BCUT2D eigenvalue weighted by Gasteiger charge is -2.13. The van der Waals surface area contributed by atoms with Crippen LogP contribution in [0.5, 0.6) is 11.5 Å². The van der Waals surface area contributed by atoms with E-state index in [-0.39, 0.29) is 0 Å². The van der Waals surface area contributed by atoms with Crippen LogP contribution in [0, 0.1) is 13.8 Å². The highest BCUT2D eigenvalue weighted by Crippen LogP contribution is 2.28. The van der Waals surface area contributed by atoms with E-state index in [1.165, 1.54) is 16.7 Å². The molecule has 1 N–H and O–H groups in total. The molecule has 2 rings (SSSR count). The van der Waals surface area contributed by atoms with Crippen molar-refractivity contribution in [3.8, 4) is 11.5 Å². The molecule has 0 fully saturated rings. The Morgan fingerprint density at radius 1 is 0.957 bits per heavy atom. The number of aryl methyl sites for hydroxylation is 2. The molecule has 2 aromatic carbocycles. The molecule has 0 atom stereocenters. The summed E-state index contributed by atoms with van der Waals surface area (Å²) in [7, 11) is 1.68. The first kappa shape index (κ1) is 17.2. The Labute approximate surface area is 139 Å². The molecule has 0 spiro atoms. The Balaban J connectivity index is 2.04. The summed E-state index contributed by atoms with van der Waals surface area (Å²) < 4.78 is 11.2. The number of nitrogens with one attached hydrogen (secondary N) is 1. The lowest BCUT2D eigenvalue weighted by molar-refractivity contribution is 0.288. The van der Waals surface area contributed by atoms with E-state index in [9.17, 15) is 0 Å². The predicted molar refractivity (Wildman–Crippen MR) is 96.6 cm³/mol. The molecule has 0 aliphatic rings. The summed E-state index contributed by atoms with van der Waals surface area (Å²) in [6, 6.07) is 12.5. The molecule has 0 saturated heterocycles. The minimum atomic E-state index is 0.723. The van der Waals surface area contributed by atoms with Gasteiger partial charge in [0.15, 0.2) is 11.5 Å². The smallest absolute Gasteiger partial charge is 0.161 e. The lowest BCUT2D eigenvalue weighted by atomic mass is 10.1. The van der Waals surface area contributed by atoms with Crippen molar-refractivity contribution in [2.75, 3.05) is 19.0 Å². The number of unbranched alkanes of at least 4 members (excludes halogenated alkanes) is 1. The molecule has 0 aromatic heterocycles. The zero-order valence-electron chi connectivity index (χ0n) is 14.6. The third-order valence-electron chi connectivity index (χ3n) is 3.99. The monoisotopic (exact) mass is 313 g/mol.